The fraction of sp³-hybridized carbons (Fsp3) is 0.571. The van der Waals surface area contributed by atoms with Gasteiger partial charge in [0.15, 0.2) is 5.89 Å². The van der Waals surface area contributed by atoms with Crippen LogP contribution in [0.5, 0.6) is 0 Å². The van der Waals surface area contributed by atoms with Crippen molar-refractivity contribution in [2.75, 3.05) is 7.11 Å². The van der Waals surface area contributed by atoms with Gasteiger partial charge in [-0.15, -0.1) is 0 Å². The van der Waals surface area contributed by atoms with Crippen LogP contribution < -0.4 is 0 Å². The molecule has 9 nitrogen and oxygen atoms in total. The molecule has 0 radical (unpaired) electrons. The van der Waals surface area contributed by atoms with E-state index in [1.165, 1.54) is 6.08 Å². The summed E-state index contributed by atoms with van der Waals surface area (Å²) in [5, 5.41) is 11.3. The number of oxazole rings is 1. The van der Waals surface area contributed by atoms with Gasteiger partial charge in [-0.3, -0.25) is 4.79 Å². The Morgan fingerprint density at radius 2 is 1.98 bits per heavy atom. The smallest absolute Gasteiger partial charge is 0.330 e. The standard InChI is InChI=1S/C35H47NO8/c1-21(16-27-20-41-25(5)36-27)10-8-11-23(3)34(40-7)24(4)29-19-30(37)35(6)31(44-35)15-14-22(2)28-17-26(18-33(39)42-28)12-9-13-32(38)43-29/h8-11,13-16,20,22,24,26,28-31,34,37H,12,17-19H2,1-7H3/b10-8+,13-9?,15-14?,21-16+,23-11+/t22-,24+,26-,28-,29+,30+,31-,34+,35-/m1/s1. The molecule has 0 aliphatic carbocycles. The van der Waals surface area contributed by atoms with E-state index in [0.717, 1.165) is 16.8 Å². The molecular formula is C35H47NO8. The highest BCUT2D eigenvalue weighted by atomic mass is 16.6. The highest BCUT2D eigenvalue weighted by molar-refractivity contribution is 5.82. The Bertz CT molecular complexity index is 1320. The number of fused-ring (bicyclic) bond motifs is 3. The first-order valence-corrected chi connectivity index (χ1v) is 15.5. The summed E-state index contributed by atoms with van der Waals surface area (Å²) in [6.07, 6.45) is 15.9. The summed E-state index contributed by atoms with van der Waals surface area (Å²) in [6, 6.07) is 0. The summed E-state index contributed by atoms with van der Waals surface area (Å²) < 4.78 is 28.7. The van der Waals surface area contributed by atoms with Crippen LogP contribution >= 0.6 is 0 Å². The van der Waals surface area contributed by atoms with Crippen LogP contribution in [0.4, 0.5) is 0 Å². The maximum absolute atomic E-state index is 13.0. The first kappa shape index (κ1) is 33.6. The molecule has 1 aromatic rings. The number of carbonyl (C=O) groups is 2. The predicted molar refractivity (Wildman–Crippen MR) is 166 cm³/mol. The van der Waals surface area contributed by atoms with Crippen molar-refractivity contribution < 1.29 is 38.1 Å². The molecule has 9 atom stereocenters. The number of allylic oxidation sites excluding steroid dienone is 5. The quantitative estimate of drug-likeness (QED) is 0.176. The molecule has 44 heavy (non-hydrogen) atoms. The summed E-state index contributed by atoms with van der Waals surface area (Å²) in [5.41, 5.74) is 1.88. The molecule has 9 heteroatoms. The van der Waals surface area contributed by atoms with Gasteiger partial charge in [-0.25, -0.2) is 9.78 Å². The Hall–Kier alpha value is -3.27. The van der Waals surface area contributed by atoms with Crippen molar-refractivity contribution in [3.63, 3.8) is 0 Å². The average molecular weight is 610 g/mol. The molecule has 4 heterocycles. The van der Waals surface area contributed by atoms with Gasteiger partial charge in [-0.2, -0.15) is 0 Å². The number of aliphatic hydroxyl groups is 1. The van der Waals surface area contributed by atoms with E-state index in [2.05, 4.69) is 4.98 Å². The number of hydrogen-bond acceptors (Lipinski definition) is 9. The first-order chi connectivity index (χ1) is 20.9. The third kappa shape index (κ3) is 8.67. The van der Waals surface area contributed by atoms with Crippen molar-refractivity contribution >= 4 is 18.0 Å². The molecular weight excluding hydrogens is 562 g/mol. The Balaban J connectivity index is 1.51. The van der Waals surface area contributed by atoms with E-state index in [1.54, 1.807) is 26.4 Å². The highest BCUT2D eigenvalue weighted by Crippen LogP contribution is 2.43. The molecule has 0 unspecified atom stereocenters. The minimum Gasteiger partial charge on any atom is -0.462 e. The maximum atomic E-state index is 13.0. The van der Waals surface area contributed by atoms with Crippen molar-refractivity contribution in [2.24, 2.45) is 17.8 Å². The summed E-state index contributed by atoms with van der Waals surface area (Å²) in [7, 11) is 1.63. The van der Waals surface area contributed by atoms with E-state index in [0.29, 0.717) is 25.2 Å². The van der Waals surface area contributed by atoms with E-state index in [-0.39, 0.29) is 48.5 Å². The summed E-state index contributed by atoms with van der Waals surface area (Å²) in [5.74, 6) is -0.299. The Kier molecular flexibility index (Phi) is 11.2. The number of rotatable bonds is 7. The summed E-state index contributed by atoms with van der Waals surface area (Å²) in [4.78, 5) is 29.6. The lowest BCUT2D eigenvalue weighted by atomic mass is 9.85. The average Bonchev–Trinajstić information content (AvgIpc) is 3.47. The van der Waals surface area contributed by atoms with Crippen molar-refractivity contribution in [3.8, 4) is 0 Å². The van der Waals surface area contributed by atoms with Crippen LogP contribution in [0.2, 0.25) is 0 Å². The molecule has 2 saturated heterocycles. The SMILES string of the molecule is CO[C@@H](/C(C)=C/C=C/C(C)=C/c1coc(C)n1)[C@@H](C)[C@@H]1C[C@H](O)[C@@]2(C)O[C@@H]2C=C[C@@H](C)[C@H]2C[C@@H](CC=CC(=O)O1)CC(=O)O2. The number of epoxide rings is 1. The van der Waals surface area contributed by atoms with Gasteiger partial charge in [-0.1, -0.05) is 50.3 Å². The Morgan fingerprint density at radius 1 is 1.20 bits per heavy atom. The number of ether oxygens (including phenoxy) is 4. The zero-order valence-electron chi connectivity index (χ0n) is 26.9. The molecule has 4 rings (SSSR count). The maximum Gasteiger partial charge on any atom is 0.330 e. The molecule has 1 N–H and O–H groups in total. The molecule has 2 fully saturated rings. The second-order valence-electron chi connectivity index (χ2n) is 12.6. The third-order valence-electron chi connectivity index (χ3n) is 8.97. The number of methoxy groups -OCH3 is 1. The van der Waals surface area contributed by atoms with Gasteiger partial charge in [0.1, 0.15) is 35.9 Å². The lowest BCUT2D eigenvalue weighted by Crippen LogP contribution is -2.41. The first-order valence-electron chi connectivity index (χ1n) is 15.5. The molecule has 0 spiro atoms. The van der Waals surface area contributed by atoms with E-state index in [4.69, 9.17) is 23.4 Å². The molecule has 0 aromatic carbocycles. The molecule has 240 valence electrons. The number of aliphatic hydroxyl groups excluding tert-OH is 1. The summed E-state index contributed by atoms with van der Waals surface area (Å²) >= 11 is 0. The fourth-order valence-electron chi connectivity index (χ4n) is 6.11. The Morgan fingerprint density at radius 3 is 2.68 bits per heavy atom. The van der Waals surface area contributed by atoms with Gasteiger partial charge >= 0.3 is 11.9 Å². The van der Waals surface area contributed by atoms with Crippen molar-refractivity contribution in [1.82, 2.24) is 4.98 Å². The second-order valence-corrected chi connectivity index (χ2v) is 12.6. The molecule has 2 bridgehead atoms. The van der Waals surface area contributed by atoms with E-state index in [1.807, 2.05) is 71.1 Å². The second kappa shape index (κ2) is 14.7. The predicted octanol–water partition coefficient (Wildman–Crippen LogP) is 5.83. The molecule has 3 aliphatic rings. The van der Waals surface area contributed by atoms with Gasteiger partial charge in [0.2, 0.25) is 0 Å². The van der Waals surface area contributed by atoms with Gasteiger partial charge < -0.3 is 28.5 Å². The van der Waals surface area contributed by atoms with Gasteiger partial charge in [0.05, 0.1) is 12.2 Å². The van der Waals surface area contributed by atoms with Crippen LogP contribution in [-0.2, 0) is 28.5 Å². The van der Waals surface area contributed by atoms with Crippen molar-refractivity contribution in [3.05, 3.63) is 71.5 Å². The lowest BCUT2D eigenvalue weighted by Gasteiger charge is -2.32. The normalized spacial score (nSPS) is 33.5. The Labute approximate surface area is 260 Å². The topological polar surface area (TPSA) is 121 Å². The van der Waals surface area contributed by atoms with Crippen molar-refractivity contribution in [2.45, 2.75) is 103 Å². The lowest BCUT2D eigenvalue weighted by molar-refractivity contribution is -0.158. The zero-order chi connectivity index (χ0) is 32.0. The number of carbonyl (C=O) groups excluding carboxylic acids is 2. The zero-order valence-corrected chi connectivity index (χ0v) is 26.9. The molecule has 0 saturated carbocycles. The van der Waals surface area contributed by atoms with Crippen LogP contribution in [-0.4, -0.2) is 65.3 Å². The largest absolute Gasteiger partial charge is 0.462 e. The van der Waals surface area contributed by atoms with Gasteiger partial charge in [0.25, 0.3) is 0 Å². The van der Waals surface area contributed by atoms with Crippen LogP contribution in [0.25, 0.3) is 6.08 Å². The number of hydrogen-bond donors (Lipinski definition) is 1. The number of cyclic esters (lactones) is 1. The van der Waals surface area contributed by atoms with Crippen LogP contribution in [0.15, 0.2) is 64.4 Å². The number of nitrogens with zero attached hydrogens (tertiary/aromatic N) is 1. The number of aryl methyl sites for hydroxylation is 1. The third-order valence-corrected chi connectivity index (χ3v) is 8.97. The van der Waals surface area contributed by atoms with Crippen LogP contribution in [0.1, 0.15) is 71.9 Å². The molecule has 0 amide bonds. The fourth-order valence-corrected chi connectivity index (χ4v) is 6.11. The minimum absolute atomic E-state index is 0.000898. The van der Waals surface area contributed by atoms with Gasteiger partial charge in [0, 0.05) is 44.8 Å². The summed E-state index contributed by atoms with van der Waals surface area (Å²) in [6.45, 7) is 11.6. The number of aromatic nitrogens is 1. The highest BCUT2D eigenvalue weighted by Gasteiger charge is 2.57. The number of esters is 2. The minimum atomic E-state index is -0.892. The van der Waals surface area contributed by atoms with Crippen LogP contribution in [0, 0.1) is 24.7 Å². The van der Waals surface area contributed by atoms with E-state index in [9.17, 15) is 14.7 Å². The van der Waals surface area contributed by atoms with Crippen LogP contribution in [0.3, 0.4) is 0 Å². The van der Waals surface area contributed by atoms with Crippen molar-refractivity contribution in [1.29, 1.82) is 0 Å². The molecule has 1 aromatic heterocycles. The van der Waals surface area contributed by atoms with E-state index < -0.39 is 23.8 Å². The van der Waals surface area contributed by atoms with E-state index >= 15 is 0 Å². The monoisotopic (exact) mass is 609 g/mol. The van der Waals surface area contributed by atoms with Gasteiger partial charge in [-0.05, 0) is 56.8 Å². The molecule has 3 aliphatic heterocycles.